The number of nitrogens with one attached hydrogen (secondary N) is 2. The van der Waals surface area contributed by atoms with Crippen LogP contribution in [0.5, 0.6) is 0 Å². The third-order valence-electron chi connectivity index (χ3n) is 6.54. The Morgan fingerprint density at radius 1 is 1.06 bits per heavy atom. The standard InChI is InChI=1S/C27H30N2O5/c1-2-7-24(25(30)28-15-18(26(31)32)14-17-12-13-17)29-27(33)34-16-23-21-10-5-3-8-19(21)20-9-4-6-11-22(20)23/h2-6,8-11,17-18,23-24H,1,7,12-16H2,(H,28,30)(H,29,33)(H,31,32). The van der Waals surface area contributed by atoms with E-state index in [-0.39, 0.29) is 25.5 Å². The van der Waals surface area contributed by atoms with Crippen LogP contribution in [0.2, 0.25) is 0 Å². The Balaban J connectivity index is 1.33. The lowest BCUT2D eigenvalue weighted by atomic mass is 9.98. The Morgan fingerprint density at radius 3 is 2.24 bits per heavy atom. The molecule has 2 amide bonds. The smallest absolute Gasteiger partial charge is 0.407 e. The summed E-state index contributed by atoms with van der Waals surface area (Å²) < 4.78 is 5.53. The molecule has 1 fully saturated rings. The van der Waals surface area contributed by atoms with Crippen LogP contribution >= 0.6 is 0 Å². The number of fused-ring (bicyclic) bond motifs is 3. The Kier molecular flexibility index (Phi) is 7.30. The number of rotatable bonds is 11. The molecule has 2 atom stereocenters. The van der Waals surface area contributed by atoms with Gasteiger partial charge >= 0.3 is 12.1 Å². The van der Waals surface area contributed by atoms with E-state index in [1.54, 1.807) is 0 Å². The molecule has 2 aliphatic carbocycles. The largest absolute Gasteiger partial charge is 0.481 e. The number of amides is 2. The van der Waals surface area contributed by atoms with Crippen molar-refractivity contribution in [1.29, 1.82) is 0 Å². The minimum Gasteiger partial charge on any atom is -0.481 e. The highest BCUT2D eigenvalue weighted by Crippen LogP contribution is 2.44. The van der Waals surface area contributed by atoms with Crippen molar-refractivity contribution in [3.05, 3.63) is 72.3 Å². The second kappa shape index (κ2) is 10.5. The summed E-state index contributed by atoms with van der Waals surface area (Å²) in [5.41, 5.74) is 4.48. The van der Waals surface area contributed by atoms with E-state index in [2.05, 4.69) is 29.3 Å². The van der Waals surface area contributed by atoms with Gasteiger partial charge < -0.3 is 20.5 Å². The zero-order valence-corrected chi connectivity index (χ0v) is 19.0. The zero-order chi connectivity index (χ0) is 24.1. The monoisotopic (exact) mass is 462 g/mol. The maximum absolute atomic E-state index is 12.7. The molecule has 0 heterocycles. The fraction of sp³-hybridized carbons (Fsp3) is 0.370. The normalized spacial score (nSPS) is 16.0. The minimum absolute atomic E-state index is 0.0324. The van der Waals surface area contributed by atoms with E-state index in [0.29, 0.717) is 12.3 Å². The summed E-state index contributed by atoms with van der Waals surface area (Å²) >= 11 is 0. The second-order valence-corrected chi connectivity index (χ2v) is 9.01. The summed E-state index contributed by atoms with van der Waals surface area (Å²) in [7, 11) is 0. The van der Waals surface area contributed by atoms with Gasteiger partial charge in [0.2, 0.25) is 5.91 Å². The van der Waals surface area contributed by atoms with Crippen molar-refractivity contribution in [3.63, 3.8) is 0 Å². The van der Waals surface area contributed by atoms with Crippen molar-refractivity contribution >= 4 is 18.0 Å². The molecule has 4 rings (SSSR count). The average molecular weight is 463 g/mol. The van der Waals surface area contributed by atoms with Crippen LogP contribution in [0.4, 0.5) is 4.79 Å². The molecule has 0 aliphatic heterocycles. The summed E-state index contributed by atoms with van der Waals surface area (Å²) in [5.74, 6) is -1.65. The van der Waals surface area contributed by atoms with E-state index in [0.717, 1.165) is 35.1 Å². The van der Waals surface area contributed by atoms with Gasteiger partial charge in [0.1, 0.15) is 12.6 Å². The topological polar surface area (TPSA) is 105 Å². The quantitative estimate of drug-likeness (QED) is 0.437. The van der Waals surface area contributed by atoms with Crippen LogP contribution < -0.4 is 10.6 Å². The highest BCUT2D eigenvalue weighted by Gasteiger charge is 2.31. The van der Waals surface area contributed by atoms with Gasteiger partial charge in [-0.25, -0.2) is 4.79 Å². The molecule has 0 spiro atoms. The summed E-state index contributed by atoms with van der Waals surface area (Å²) in [6.07, 6.45) is 3.68. The number of aliphatic carboxylic acids is 1. The van der Waals surface area contributed by atoms with Crippen molar-refractivity contribution < 1.29 is 24.2 Å². The van der Waals surface area contributed by atoms with E-state index >= 15 is 0 Å². The SMILES string of the molecule is C=CCC(NC(=O)OCC1c2ccccc2-c2ccccc21)C(=O)NCC(CC1CC1)C(=O)O. The van der Waals surface area contributed by atoms with Gasteiger partial charge in [-0.2, -0.15) is 0 Å². The van der Waals surface area contributed by atoms with Crippen molar-refractivity contribution in [3.8, 4) is 11.1 Å². The third kappa shape index (κ3) is 5.47. The lowest BCUT2D eigenvalue weighted by Gasteiger charge is -2.20. The molecule has 2 aromatic carbocycles. The van der Waals surface area contributed by atoms with Crippen LogP contribution in [0.15, 0.2) is 61.2 Å². The fourth-order valence-electron chi connectivity index (χ4n) is 4.55. The highest BCUT2D eigenvalue weighted by atomic mass is 16.5. The van der Waals surface area contributed by atoms with Gasteiger partial charge in [0.05, 0.1) is 5.92 Å². The van der Waals surface area contributed by atoms with Gasteiger partial charge in [0.25, 0.3) is 0 Å². The van der Waals surface area contributed by atoms with Gasteiger partial charge in [-0.05, 0) is 41.0 Å². The van der Waals surface area contributed by atoms with Gasteiger partial charge in [0.15, 0.2) is 0 Å². The molecule has 3 N–H and O–H groups in total. The maximum atomic E-state index is 12.7. The van der Waals surface area contributed by atoms with Crippen molar-refractivity contribution in [2.75, 3.05) is 13.2 Å². The maximum Gasteiger partial charge on any atom is 0.407 e. The number of hydrogen-bond acceptors (Lipinski definition) is 4. The first-order chi connectivity index (χ1) is 16.5. The Bertz CT molecular complexity index is 1030. The molecule has 0 aromatic heterocycles. The summed E-state index contributed by atoms with van der Waals surface area (Å²) in [4.78, 5) is 36.7. The van der Waals surface area contributed by atoms with Crippen molar-refractivity contribution in [1.82, 2.24) is 10.6 Å². The van der Waals surface area contributed by atoms with Gasteiger partial charge in [-0.15, -0.1) is 6.58 Å². The molecule has 0 bridgehead atoms. The molecule has 7 nitrogen and oxygen atoms in total. The molecule has 1 saturated carbocycles. The molecular weight excluding hydrogens is 432 g/mol. The van der Waals surface area contributed by atoms with E-state index in [1.807, 2.05) is 36.4 Å². The minimum atomic E-state index is -0.919. The van der Waals surface area contributed by atoms with E-state index < -0.39 is 29.9 Å². The molecule has 0 radical (unpaired) electrons. The zero-order valence-electron chi connectivity index (χ0n) is 19.0. The number of ether oxygens (including phenoxy) is 1. The second-order valence-electron chi connectivity index (χ2n) is 9.01. The fourth-order valence-corrected chi connectivity index (χ4v) is 4.55. The molecule has 178 valence electrons. The first-order valence-electron chi connectivity index (χ1n) is 11.7. The Hall–Kier alpha value is -3.61. The summed E-state index contributed by atoms with van der Waals surface area (Å²) in [5, 5.41) is 14.7. The van der Waals surface area contributed by atoms with Crippen molar-refractivity contribution in [2.24, 2.45) is 11.8 Å². The lowest BCUT2D eigenvalue weighted by Crippen LogP contribution is -2.48. The molecule has 0 saturated heterocycles. The third-order valence-corrected chi connectivity index (χ3v) is 6.54. The van der Waals surface area contributed by atoms with Crippen LogP contribution in [0.3, 0.4) is 0 Å². The van der Waals surface area contributed by atoms with Crippen LogP contribution in [0, 0.1) is 11.8 Å². The number of hydrogen-bond donors (Lipinski definition) is 3. The molecule has 2 aliphatic rings. The first-order valence-corrected chi connectivity index (χ1v) is 11.7. The first kappa shape index (κ1) is 23.5. The van der Waals surface area contributed by atoms with Crippen LogP contribution in [0.1, 0.15) is 42.7 Å². The number of benzene rings is 2. The van der Waals surface area contributed by atoms with Crippen molar-refractivity contribution in [2.45, 2.75) is 37.6 Å². The highest BCUT2D eigenvalue weighted by molar-refractivity contribution is 5.86. The van der Waals surface area contributed by atoms with Crippen LogP contribution in [0.25, 0.3) is 11.1 Å². The molecule has 7 heteroatoms. The number of carboxylic acids is 1. The Morgan fingerprint density at radius 2 is 1.68 bits per heavy atom. The molecular formula is C27H30N2O5. The van der Waals surface area contributed by atoms with Gasteiger partial charge in [-0.3, -0.25) is 9.59 Å². The average Bonchev–Trinajstić information content (AvgIpc) is 3.60. The number of alkyl carbamates (subject to hydrolysis) is 1. The van der Waals surface area contributed by atoms with Gasteiger partial charge in [-0.1, -0.05) is 67.4 Å². The van der Waals surface area contributed by atoms with E-state index in [4.69, 9.17) is 4.74 Å². The molecule has 34 heavy (non-hydrogen) atoms. The summed E-state index contributed by atoms with van der Waals surface area (Å²) in [6.45, 7) is 3.83. The van der Waals surface area contributed by atoms with Crippen LogP contribution in [-0.4, -0.2) is 42.3 Å². The van der Waals surface area contributed by atoms with Gasteiger partial charge in [0, 0.05) is 12.5 Å². The van der Waals surface area contributed by atoms with E-state index in [9.17, 15) is 19.5 Å². The van der Waals surface area contributed by atoms with E-state index in [1.165, 1.54) is 6.08 Å². The van der Waals surface area contributed by atoms with Crippen LogP contribution in [-0.2, 0) is 14.3 Å². The predicted molar refractivity (Wildman–Crippen MR) is 128 cm³/mol. The summed E-state index contributed by atoms with van der Waals surface area (Å²) in [6, 6.07) is 15.2. The molecule has 2 aromatic rings. The lowest BCUT2D eigenvalue weighted by molar-refractivity contribution is -0.142. The number of carbonyl (C=O) groups is 3. The molecule has 2 unspecified atom stereocenters. The predicted octanol–water partition coefficient (Wildman–Crippen LogP) is 4.09. The number of carbonyl (C=O) groups excluding carboxylic acids is 2. The number of carboxylic acid groups (broad SMARTS) is 1. The Labute approximate surface area is 199 Å².